The third-order valence-corrected chi connectivity index (χ3v) is 3.34. The van der Waals surface area contributed by atoms with E-state index in [1.54, 1.807) is 7.11 Å². The summed E-state index contributed by atoms with van der Waals surface area (Å²) >= 11 is 0. The standard InChI is InChI=1S/C13H20N2O/c1-13(14)7-9-15(10-8-13)11-3-5-12(16-2)6-4-11/h3-6H,7-10,14H2,1-2H3. The summed E-state index contributed by atoms with van der Waals surface area (Å²) in [6.45, 7) is 4.22. The van der Waals surface area contributed by atoms with Gasteiger partial charge in [-0.1, -0.05) is 0 Å². The number of hydrogen-bond acceptors (Lipinski definition) is 3. The molecule has 3 nitrogen and oxygen atoms in total. The Bertz CT molecular complexity index is 335. The van der Waals surface area contributed by atoms with Crippen molar-refractivity contribution >= 4 is 5.69 Å². The Morgan fingerprint density at radius 2 is 1.75 bits per heavy atom. The lowest BCUT2D eigenvalue weighted by atomic mass is 9.91. The second-order valence-electron chi connectivity index (χ2n) is 4.84. The summed E-state index contributed by atoms with van der Waals surface area (Å²) in [7, 11) is 1.69. The van der Waals surface area contributed by atoms with Gasteiger partial charge >= 0.3 is 0 Å². The average Bonchev–Trinajstić information content (AvgIpc) is 2.29. The van der Waals surface area contributed by atoms with E-state index in [0.717, 1.165) is 31.7 Å². The molecule has 16 heavy (non-hydrogen) atoms. The number of nitrogens with two attached hydrogens (primary N) is 1. The molecular formula is C13H20N2O. The molecular weight excluding hydrogens is 200 g/mol. The maximum absolute atomic E-state index is 6.12. The van der Waals surface area contributed by atoms with Crippen molar-refractivity contribution in [2.24, 2.45) is 5.73 Å². The quantitative estimate of drug-likeness (QED) is 0.828. The van der Waals surface area contributed by atoms with Crippen LogP contribution in [-0.2, 0) is 0 Å². The molecule has 2 rings (SSSR count). The summed E-state index contributed by atoms with van der Waals surface area (Å²) in [5, 5.41) is 0. The number of hydrogen-bond donors (Lipinski definition) is 1. The first kappa shape index (κ1) is 11.3. The topological polar surface area (TPSA) is 38.5 Å². The van der Waals surface area contributed by atoms with Crippen LogP contribution in [-0.4, -0.2) is 25.7 Å². The fourth-order valence-electron chi connectivity index (χ4n) is 2.07. The minimum absolute atomic E-state index is 0.0168. The van der Waals surface area contributed by atoms with Crippen LogP contribution in [0.25, 0.3) is 0 Å². The number of nitrogens with zero attached hydrogens (tertiary/aromatic N) is 1. The molecule has 1 saturated heterocycles. The normalized spacial score (nSPS) is 19.6. The lowest BCUT2D eigenvalue weighted by Gasteiger charge is -2.38. The fraction of sp³-hybridized carbons (Fsp3) is 0.538. The first-order chi connectivity index (χ1) is 7.61. The molecule has 0 aromatic heterocycles. The molecule has 0 bridgehead atoms. The van der Waals surface area contributed by atoms with E-state index in [4.69, 9.17) is 10.5 Å². The van der Waals surface area contributed by atoms with Crippen LogP contribution in [0.5, 0.6) is 5.75 Å². The predicted octanol–water partition coefficient (Wildman–Crippen LogP) is 2.01. The molecule has 3 heteroatoms. The van der Waals surface area contributed by atoms with Gasteiger partial charge in [-0.2, -0.15) is 0 Å². The highest BCUT2D eigenvalue weighted by atomic mass is 16.5. The fourth-order valence-corrected chi connectivity index (χ4v) is 2.07. The molecule has 1 aliphatic heterocycles. The summed E-state index contributed by atoms with van der Waals surface area (Å²) in [5.41, 5.74) is 7.39. The SMILES string of the molecule is COc1ccc(N2CCC(C)(N)CC2)cc1. The predicted molar refractivity (Wildman–Crippen MR) is 67.0 cm³/mol. The lowest BCUT2D eigenvalue weighted by Crippen LogP contribution is -2.48. The number of methoxy groups -OCH3 is 1. The van der Waals surface area contributed by atoms with Crippen molar-refractivity contribution in [2.45, 2.75) is 25.3 Å². The van der Waals surface area contributed by atoms with Crippen molar-refractivity contribution in [1.29, 1.82) is 0 Å². The van der Waals surface area contributed by atoms with E-state index >= 15 is 0 Å². The third kappa shape index (κ3) is 2.47. The highest BCUT2D eigenvalue weighted by molar-refractivity contribution is 5.49. The maximum atomic E-state index is 6.12. The zero-order chi connectivity index (χ0) is 11.6. The first-order valence-electron chi connectivity index (χ1n) is 5.79. The van der Waals surface area contributed by atoms with Crippen LogP contribution in [0.4, 0.5) is 5.69 Å². The summed E-state index contributed by atoms with van der Waals surface area (Å²) in [4.78, 5) is 2.38. The van der Waals surface area contributed by atoms with Gasteiger partial charge < -0.3 is 15.4 Å². The van der Waals surface area contributed by atoms with Gasteiger partial charge in [-0.3, -0.25) is 0 Å². The molecule has 0 saturated carbocycles. The van der Waals surface area contributed by atoms with Gasteiger partial charge in [0.1, 0.15) is 5.75 Å². The molecule has 0 radical (unpaired) electrons. The third-order valence-electron chi connectivity index (χ3n) is 3.34. The summed E-state index contributed by atoms with van der Waals surface area (Å²) in [6.07, 6.45) is 2.11. The number of benzene rings is 1. The maximum Gasteiger partial charge on any atom is 0.119 e. The average molecular weight is 220 g/mol. The molecule has 2 N–H and O–H groups in total. The van der Waals surface area contributed by atoms with Crippen LogP contribution >= 0.6 is 0 Å². The van der Waals surface area contributed by atoms with Crippen LogP contribution in [0.1, 0.15) is 19.8 Å². The molecule has 1 aliphatic rings. The Hall–Kier alpha value is -1.22. The van der Waals surface area contributed by atoms with Crippen LogP contribution in [0.15, 0.2) is 24.3 Å². The zero-order valence-corrected chi connectivity index (χ0v) is 10.1. The first-order valence-corrected chi connectivity index (χ1v) is 5.79. The molecule has 0 amide bonds. The number of rotatable bonds is 2. The largest absolute Gasteiger partial charge is 0.497 e. The lowest BCUT2D eigenvalue weighted by molar-refractivity contribution is 0.364. The van der Waals surface area contributed by atoms with Crippen molar-refractivity contribution in [2.75, 3.05) is 25.1 Å². The molecule has 1 aromatic rings. The van der Waals surface area contributed by atoms with Crippen LogP contribution in [0.2, 0.25) is 0 Å². The van der Waals surface area contributed by atoms with E-state index in [1.807, 2.05) is 12.1 Å². The summed E-state index contributed by atoms with van der Waals surface area (Å²) in [6, 6.07) is 8.23. The molecule has 0 atom stereocenters. The van der Waals surface area contributed by atoms with Crippen LogP contribution < -0.4 is 15.4 Å². The highest BCUT2D eigenvalue weighted by Crippen LogP contribution is 2.25. The minimum Gasteiger partial charge on any atom is -0.497 e. The Labute approximate surface area is 97.2 Å². The molecule has 1 heterocycles. The van der Waals surface area contributed by atoms with Crippen molar-refractivity contribution in [3.8, 4) is 5.75 Å². The van der Waals surface area contributed by atoms with E-state index < -0.39 is 0 Å². The molecule has 1 aromatic carbocycles. The van der Waals surface area contributed by atoms with E-state index in [1.165, 1.54) is 5.69 Å². The van der Waals surface area contributed by atoms with E-state index in [-0.39, 0.29) is 5.54 Å². The van der Waals surface area contributed by atoms with Gasteiger partial charge in [0.25, 0.3) is 0 Å². The Balaban J connectivity index is 2.03. The van der Waals surface area contributed by atoms with Gasteiger partial charge in [-0.15, -0.1) is 0 Å². The molecule has 1 fully saturated rings. The van der Waals surface area contributed by atoms with Gasteiger partial charge in [0.05, 0.1) is 7.11 Å². The van der Waals surface area contributed by atoms with Crippen LogP contribution in [0.3, 0.4) is 0 Å². The van der Waals surface area contributed by atoms with Gasteiger partial charge in [-0.25, -0.2) is 0 Å². The highest BCUT2D eigenvalue weighted by Gasteiger charge is 2.25. The van der Waals surface area contributed by atoms with E-state index in [9.17, 15) is 0 Å². The zero-order valence-electron chi connectivity index (χ0n) is 10.1. The molecule has 0 unspecified atom stereocenters. The molecule has 0 aliphatic carbocycles. The Morgan fingerprint density at radius 1 is 1.19 bits per heavy atom. The second-order valence-corrected chi connectivity index (χ2v) is 4.84. The van der Waals surface area contributed by atoms with E-state index in [2.05, 4.69) is 24.0 Å². The van der Waals surface area contributed by atoms with Gasteiger partial charge in [0, 0.05) is 24.3 Å². The Kier molecular flexibility index (Phi) is 3.06. The monoisotopic (exact) mass is 220 g/mol. The number of piperidine rings is 1. The number of anilines is 1. The van der Waals surface area contributed by atoms with Gasteiger partial charge in [0.2, 0.25) is 0 Å². The smallest absolute Gasteiger partial charge is 0.119 e. The van der Waals surface area contributed by atoms with Crippen molar-refractivity contribution in [3.05, 3.63) is 24.3 Å². The molecule has 0 spiro atoms. The summed E-state index contributed by atoms with van der Waals surface area (Å²) in [5.74, 6) is 0.907. The summed E-state index contributed by atoms with van der Waals surface area (Å²) < 4.78 is 5.15. The van der Waals surface area contributed by atoms with Gasteiger partial charge in [-0.05, 0) is 44.0 Å². The van der Waals surface area contributed by atoms with Crippen molar-refractivity contribution in [3.63, 3.8) is 0 Å². The Morgan fingerprint density at radius 3 is 2.25 bits per heavy atom. The van der Waals surface area contributed by atoms with Crippen LogP contribution in [0, 0.1) is 0 Å². The number of ether oxygens (including phenoxy) is 1. The van der Waals surface area contributed by atoms with E-state index in [0.29, 0.717) is 0 Å². The minimum atomic E-state index is 0.0168. The van der Waals surface area contributed by atoms with Crippen molar-refractivity contribution in [1.82, 2.24) is 0 Å². The molecule has 88 valence electrons. The van der Waals surface area contributed by atoms with Crippen molar-refractivity contribution < 1.29 is 4.74 Å². The second kappa shape index (κ2) is 4.34. The van der Waals surface area contributed by atoms with Gasteiger partial charge in [0.15, 0.2) is 0 Å².